The Bertz CT molecular complexity index is 407. The maximum Gasteiger partial charge on any atom is 1.00 e. The normalized spacial score (nSPS) is 11.0. The molecule has 86 valence electrons. The van der Waals surface area contributed by atoms with Crippen molar-refractivity contribution in [2.45, 2.75) is 6.16 Å². The van der Waals surface area contributed by atoms with Crippen LogP contribution in [0, 0.1) is 0 Å². The van der Waals surface area contributed by atoms with E-state index in [0.29, 0.717) is 15.1 Å². The van der Waals surface area contributed by atoms with Crippen molar-refractivity contribution < 1.29 is 54.1 Å². The second kappa shape index (κ2) is 7.44. The molecule has 0 aliphatic rings. The number of hydrogen-bond donors (Lipinski definition) is 0. The molecule has 9 heteroatoms. The third-order valence-corrected chi connectivity index (χ3v) is 3.71. The van der Waals surface area contributed by atoms with Crippen LogP contribution in [0.15, 0.2) is 22.7 Å². The zero-order valence-corrected chi connectivity index (χ0v) is 13.4. The molecule has 0 radical (unpaired) electrons. The minimum absolute atomic E-state index is 0. The summed E-state index contributed by atoms with van der Waals surface area (Å²) in [4.78, 5) is 0. The number of rotatable bonds is 4. The Hall–Kier alpha value is 1.000. The average molecular weight is 345 g/mol. The summed E-state index contributed by atoms with van der Waals surface area (Å²) in [7, 11) is -4.35. The van der Waals surface area contributed by atoms with Gasteiger partial charge in [-0.25, -0.2) is 0 Å². The molecule has 3 nitrogen and oxygen atoms in total. The first-order chi connectivity index (χ1) is 7.00. The summed E-state index contributed by atoms with van der Waals surface area (Å²) in [6, 6.07) is 4.44. The molecular formula is C7H6BrClF2NaO3P. The molecule has 0 N–H and O–H groups in total. The van der Waals surface area contributed by atoms with E-state index in [2.05, 4.69) is 25.4 Å². The van der Waals surface area contributed by atoms with Crippen molar-refractivity contribution in [3.63, 3.8) is 0 Å². The SMILES string of the molecule is O=P(Cc1ccc(Cl)cc1Br)(OF)OF.[H-].[Na+]. The van der Waals surface area contributed by atoms with Crippen molar-refractivity contribution in [3.8, 4) is 0 Å². The van der Waals surface area contributed by atoms with Gasteiger partial charge in [0.05, 0.1) is 6.16 Å². The molecule has 0 aliphatic carbocycles. The maximum atomic E-state index is 11.8. The number of hydrogen-bond acceptors (Lipinski definition) is 3. The molecule has 0 unspecified atom stereocenters. The molecule has 0 aliphatic heterocycles. The third-order valence-electron chi connectivity index (χ3n) is 1.59. The summed E-state index contributed by atoms with van der Waals surface area (Å²) in [6.45, 7) is 0. The summed E-state index contributed by atoms with van der Waals surface area (Å²) in [6.07, 6.45) is -0.530. The van der Waals surface area contributed by atoms with Crippen LogP contribution in [-0.2, 0) is 20.2 Å². The third kappa shape index (κ3) is 4.70. The molecule has 1 rings (SSSR count). The molecular weight excluding hydrogens is 339 g/mol. The van der Waals surface area contributed by atoms with Crippen LogP contribution in [-0.4, -0.2) is 0 Å². The molecule has 0 aromatic heterocycles. The van der Waals surface area contributed by atoms with Gasteiger partial charge in [-0.2, -0.15) is 0 Å². The van der Waals surface area contributed by atoms with Crippen molar-refractivity contribution in [1.82, 2.24) is 0 Å². The van der Waals surface area contributed by atoms with Gasteiger partial charge in [0, 0.05) is 9.50 Å². The minimum Gasteiger partial charge on any atom is -1.00 e. The Morgan fingerprint density at radius 2 is 2.00 bits per heavy atom. The second-order valence-corrected chi connectivity index (χ2v) is 5.75. The first kappa shape index (κ1) is 17.0. The van der Waals surface area contributed by atoms with Crippen molar-refractivity contribution in [2.75, 3.05) is 0 Å². The predicted octanol–water partition coefficient (Wildman–Crippen LogP) is 1.71. The van der Waals surface area contributed by atoms with Crippen LogP contribution in [0.3, 0.4) is 0 Å². The molecule has 1 aromatic carbocycles. The first-order valence-electron chi connectivity index (χ1n) is 3.64. The van der Waals surface area contributed by atoms with E-state index in [0.717, 1.165) is 0 Å². The van der Waals surface area contributed by atoms with Crippen LogP contribution in [0.5, 0.6) is 0 Å². The number of halogens is 4. The Balaban J connectivity index is 0. The van der Waals surface area contributed by atoms with E-state index in [4.69, 9.17) is 11.6 Å². The van der Waals surface area contributed by atoms with Crippen molar-refractivity contribution in [1.29, 1.82) is 0 Å². The van der Waals surface area contributed by atoms with Gasteiger partial charge in [-0.05, 0) is 26.7 Å². The Morgan fingerprint density at radius 1 is 1.44 bits per heavy atom. The van der Waals surface area contributed by atoms with E-state index < -0.39 is 13.8 Å². The van der Waals surface area contributed by atoms with Gasteiger partial charge in [0.25, 0.3) is 0 Å². The van der Waals surface area contributed by atoms with Crippen LogP contribution < -0.4 is 29.6 Å². The van der Waals surface area contributed by atoms with Crippen molar-refractivity contribution in [3.05, 3.63) is 33.3 Å². The molecule has 0 bridgehead atoms. The van der Waals surface area contributed by atoms with Crippen LogP contribution in [0.2, 0.25) is 5.02 Å². The van der Waals surface area contributed by atoms with Crippen LogP contribution in [0.25, 0.3) is 0 Å². The topological polar surface area (TPSA) is 35.5 Å². The standard InChI is InChI=1S/C7H5BrClF2O3P.Na.H/c8-7-3-6(9)2-1-5(7)4-15(12,13-10)14-11;;/h1-3H,4H2;;/q;+1;-1. The van der Waals surface area contributed by atoms with E-state index in [9.17, 15) is 13.6 Å². The molecule has 0 atom stereocenters. The number of benzene rings is 1. The summed E-state index contributed by atoms with van der Waals surface area (Å²) < 4.78 is 41.1. The van der Waals surface area contributed by atoms with E-state index in [1.165, 1.54) is 18.2 Å². The zero-order chi connectivity index (χ0) is 11.5. The Morgan fingerprint density at radius 3 is 2.44 bits per heavy atom. The fourth-order valence-electron chi connectivity index (χ4n) is 0.918. The smallest absolute Gasteiger partial charge is 1.00 e. The van der Waals surface area contributed by atoms with Crippen LogP contribution >= 0.6 is 35.1 Å². The Kier molecular flexibility index (Phi) is 7.90. The summed E-state index contributed by atoms with van der Waals surface area (Å²) in [5.74, 6) is 0. The van der Waals surface area contributed by atoms with E-state index >= 15 is 0 Å². The fourth-order valence-corrected chi connectivity index (χ4v) is 2.77. The monoisotopic (exact) mass is 344 g/mol. The van der Waals surface area contributed by atoms with Gasteiger partial charge >= 0.3 is 37.2 Å². The predicted molar refractivity (Wildman–Crippen MR) is 56.0 cm³/mol. The van der Waals surface area contributed by atoms with E-state index in [1.807, 2.05) is 0 Å². The maximum absolute atomic E-state index is 11.8. The van der Waals surface area contributed by atoms with Crippen molar-refractivity contribution in [2.24, 2.45) is 0 Å². The van der Waals surface area contributed by atoms with Gasteiger partial charge in [-0.1, -0.05) is 33.6 Å². The minimum atomic E-state index is -4.35. The second-order valence-electron chi connectivity index (χ2n) is 2.64. The molecule has 1 aromatic rings. The van der Waals surface area contributed by atoms with Gasteiger partial charge in [-0.15, -0.1) is 9.46 Å². The largest absolute Gasteiger partial charge is 1.00 e. The van der Waals surface area contributed by atoms with Gasteiger partial charge in [0.1, 0.15) is 0 Å². The average Bonchev–Trinajstić information content (AvgIpc) is 2.22. The van der Waals surface area contributed by atoms with Gasteiger partial charge in [0.2, 0.25) is 0 Å². The summed E-state index contributed by atoms with van der Waals surface area (Å²) >= 11 is 8.74. The molecule has 16 heavy (non-hydrogen) atoms. The first-order valence-corrected chi connectivity index (χ1v) is 6.54. The molecule has 0 amide bonds. The quantitative estimate of drug-likeness (QED) is 0.616. The summed E-state index contributed by atoms with van der Waals surface area (Å²) in [5, 5.41) is 0.433. The van der Waals surface area contributed by atoms with Gasteiger partial charge in [0.15, 0.2) is 0 Å². The van der Waals surface area contributed by atoms with Gasteiger partial charge in [-0.3, -0.25) is 4.57 Å². The van der Waals surface area contributed by atoms with Crippen LogP contribution in [0.4, 0.5) is 9.05 Å². The Labute approximate surface area is 128 Å². The molecule has 0 saturated heterocycles. The molecule has 0 saturated carbocycles. The zero-order valence-electron chi connectivity index (χ0n) is 9.12. The fraction of sp³-hybridized carbons (Fsp3) is 0.143. The van der Waals surface area contributed by atoms with E-state index in [1.54, 1.807) is 0 Å². The van der Waals surface area contributed by atoms with Gasteiger partial charge < -0.3 is 1.43 Å². The van der Waals surface area contributed by atoms with E-state index in [-0.39, 0.29) is 31.0 Å². The van der Waals surface area contributed by atoms with Crippen molar-refractivity contribution >= 4 is 35.1 Å². The molecule has 0 heterocycles. The molecule has 0 spiro atoms. The molecule has 0 fully saturated rings. The van der Waals surface area contributed by atoms with Crippen LogP contribution in [0.1, 0.15) is 6.99 Å². The summed E-state index contributed by atoms with van der Waals surface area (Å²) in [5.41, 5.74) is 0.359.